The average Bonchev–Trinajstić information content (AvgIpc) is 2.29. The smallest absolute Gasteiger partial charge is 0.311 e. The number of halogens is 1. The van der Waals surface area contributed by atoms with Crippen LogP contribution in [-0.2, 0) is 9.53 Å². The predicted molar refractivity (Wildman–Crippen MR) is 75.5 cm³/mol. The Bertz CT molecular complexity index is 430. The first kappa shape index (κ1) is 14.8. The quantitative estimate of drug-likeness (QED) is 0.599. The lowest BCUT2D eigenvalue weighted by atomic mass is 9.97. The molecule has 0 amide bonds. The van der Waals surface area contributed by atoms with Gasteiger partial charge in [-0.05, 0) is 38.8 Å². The second-order valence-electron chi connectivity index (χ2n) is 5.10. The van der Waals surface area contributed by atoms with E-state index < -0.39 is 5.41 Å². The minimum atomic E-state index is -0.438. The molecule has 0 aromatic heterocycles. The molecule has 0 N–H and O–H groups in total. The van der Waals surface area contributed by atoms with Gasteiger partial charge in [-0.2, -0.15) is 0 Å². The summed E-state index contributed by atoms with van der Waals surface area (Å²) in [4.78, 5) is 11.5. The van der Waals surface area contributed by atoms with Gasteiger partial charge < -0.3 is 4.74 Å². The van der Waals surface area contributed by atoms with Crippen molar-refractivity contribution in [2.75, 3.05) is 6.61 Å². The molecule has 0 unspecified atom stereocenters. The van der Waals surface area contributed by atoms with Gasteiger partial charge in [0.2, 0.25) is 0 Å². The Morgan fingerprint density at radius 1 is 1.33 bits per heavy atom. The van der Waals surface area contributed by atoms with Gasteiger partial charge in [-0.3, -0.25) is 4.79 Å². The van der Waals surface area contributed by atoms with E-state index in [0.29, 0.717) is 13.0 Å². The fourth-order valence-electron chi connectivity index (χ4n) is 1.26. The Kier molecular flexibility index (Phi) is 5.42. The van der Waals surface area contributed by atoms with Crippen molar-refractivity contribution >= 4 is 23.6 Å². The van der Waals surface area contributed by atoms with Crippen LogP contribution in [0.1, 0.15) is 32.8 Å². The Labute approximate surface area is 114 Å². The van der Waals surface area contributed by atoms with Crippen LogP contribution in [0, 0.1) is 5.41 Å². The highest BCUT2D eigenvalue weighted by atomic mass is 35.5. The van der Waals surface area contributed by atoms with Crippen molar-refractivity contribution in [1.82, 2.24) is 0 Å². The van der Waals surface area contributed by atoms with Gasteiger partial charge in [0, 0.05) is 5.02 Å². The number of benzene rings is 1. The minimum absolute atomic E-state index is 0.173. The van der Waals surface area contributed by atoms with Gasteiger partial charge in [0.15, 0.2) is 0 Å². The number of hydrogen-bond donors (Lipinski definition) is 0. The molecule has 98 valence electrons. The molecule has 0 heterocycles. The Hall–Kier alpha value is -1.28. The van der Waals surface area contributed by atoms with E-state index in [4.69, 9.17) is 16.3 Å². The van der Waals surface area contributed by atoms with Crippen molar-refractivity contribution in [3.8, 4) is 0 Å². The summed E-state index contributed by atoms with van der Waals surface area (Å²) in [5, 5.41) is 0.723. The molecule has 18 heavy (non-hydrogen) atoms. The van der Waals surface area contributed by atoms with Crippen LogP contribution in [0.5, 0.6) is 0 Å². The number of hydrogen-bond acceptors (Lipinski definition) is 2. The first-order valence-electron chi connectivity index (χ1n) is 5.99. The number of rotatable bonds is 4. The van der Waals surface area contributed by atoms with Crippen molar-refractivity contribution in [3.05, 3.63) is 40.9 Å². The highest BCUT2D eigenvalue weighted by Crippen LogP contribution is 2.17. The van der Waals surface area contributed by atoms with E-state index in [1.165, 1.54) is 0 Å². The van der Waals surface area contributed by atoms with Crippen LogP contribution in [0.2, 0.25) is 5.02 Å². The zero-order valence-electron chi connectivity index (χ0n) is 11.1. The Balaban J connectivity index is 2.35. The predicted octanol–water partition coefficient (Wildman–Crippen LogP) is 4.33. The van der Waals surface area contributed by atoms with Crippen LogP contribution in [0.25, 0.3) is 6.08 Å². The van der Waals surface area contributed by atoms with Crippen LogP contribution in [0.15, 0.2) is 30.3 Å². The summed E-state index contributed by atoms with van der Waals surface area (Å²) in [6.45, 7) is 5.93. The maximum absolute atomic E-state index is 11.5. The fraction of sp³-hybridized carbons (Fsp3) is 0.400. The van der Waals surface area contributed by atoms with E-state index in [9.17, 15) is 4.79 Å². The number of ether oxygens (including phenoxy) is 1. The lowest BCUT2D eigenvalue weighted by molar-refractivity contribution is -0.152. The molecular formula is C15H19ClO2. The molecule has 0 aliphatic carbocycles. The van der Waals surface area contributed by atoms with Crippen LogP contribution in [0.4, 0.5) is 0 Å². The molecule has 0 spiro atoms. The van der Waals surface area contributed by atoms with Crippen molar-refractivity contribution < 1.29 is 9.53 Å². The van der Waals surface area contributed by atoms with E-state index in [1.54, 1.807) is 0 Å². The molecule has 1 rings (SSSR count). The van der Waals surface area contributed by atoms with Crippen LogP contribution in [0.3, 0.4) is 0 Å². The third-order valence-corrected chi connectivity index (χ3v) is 2.68. The lowest BCUT2D eigenvalue weighted by Gasteiger charge is -2.15. The third kappa shape index (κ3) is 4.92. The summed E-state index contributed by atoms with van der Waals surface area (Å²) in [5.41, 5.74) is 0.535. The topological polar surface area (TPSA) is 26.3 Å². The van der Waals surface area contributed by atoms with Crippen molar-refractivity contribution in [1.29, 1.82) is 0 Å². The van der Waals surface area contributed by atoms with Crippen LogP contribution < -0.4 is 0 Å². The summed E-state index contributed by atoms with van der Waals surface area (Å²) in [6.07, 6.45) is 4.58. The van der Waals surface area contributed by atoms with Crippen LogP contribution >= 0.6 is 11.6 Å². The van der Waals surface area contributed by atoms with Crippen LogP contribution in [-0.4, -0.2) is 12.6 Å². The molecule has 0 saturated heterocycles. The summed E-state index contributed by atoms with van der Waals surface area (Å²) >= 11 is 6.01. The zero-order chi connectivity index (χ0) is 13.6. The van der Waals surface area contributed by atoms with E-state index in [-0.39, 0.29) is 5.97 Å². The van der Waals surface area contributed by atoms with Crippen molar-refractivity contribution in [3.63, 3.8) is 0 Å². The highest BCUT2D eigenvalue weighted by Gasteiger charge is 2.22. The molecular weight excluding hydrogens is 248 g/mol. The molecule has 0 fully saturated rings. The minimum Gasteiger partial charge on any atom is -0.465 e. The third-order valence-electron chi connectivity index (χ3n) is 2.33. The summed E-state index contributed by atoms with van der Waals surface area (Å²) < 4.78 is 5.15. The molecule has 0 aliphatic heterocycles. The van der Waals surface area contributed by atoms with Crippen molar-refractivity contribution in [2.24, 2.45) is 5.41 Å². The SMILES string of the molecule is CC(C)(C)C(=O)OCC/C=C/c1ccccc1Cl. The monoisotopic (exact) mass is 266 g/mol. The number of esters is 1. The van der Waals surface area contributed by atoms with Gasteiger partial charge in [0.25, 0.3) is 0 Å². The van der Waals surface area contributed by atoms with Gasteiger partial charge in [-0.15, -0.1) is 0 Å². The van der Waals surface area contributed by atoms with Gasteiger partial charge in [-0.25, -0.2) is 0 Å². The number of carbonyl (C=O) groups is 1. The lowest BCUT2D eigenvalue weighted by Crippen LogP contribution is -2.23. The van der Waals surface area contributed by atoms with E-state index in [1.807, 2.05) is 57.2 Å². The molecule has 1 aromatic carbocycles. The second kappa shape index (κ2) is 6.60. The summed E-state index contributed by atoms with van der Waals surface area (Å²) in [5.74, 6) is -0.173. The molecule has 3 heteroatoms. The normalized spacial score (nSPS) is 11.8. The first-order valence-corrected chi connectivity index (χ1v) is 6.37. The van der Waals surface area contributed by atoms with Crippen molar-refractivity contribution in [2.45, 2.75) is 27.2 Å². The first-order chi connectivity index (χ1) is 8.41. The van der Waals surface area contributed by atoms with Gasteiger partial charge in [0.05, 0.1) is 12.0 Å². The zero-order valence-corrected chi connectivity index (χ0v) is 11.8. The summed E-state index contributed by atoms with van der Waals surface area (Å²) in [7, 11) is 0. The Morgan fingerprint density at radius 2 is 2.00 bits per heavy atom. The molecule has 1 aromatic rings. The Morgan fingerprint density at radius 3 is 2.61 bits per heavy atom. The largest absolute Gasteiger partial charge is 0.465 e. The standard InChI is InChI=1S/C15H19ClO2/c1-15(2,3)14(17)18-11-7-6-9-12-8-4-5-10-13(12)16/h4-6,8-10H,7,11H2,1-3H3/b9-6+. The number of carbonyl (C=O) groups excluding carboxylic acids is 1. The van der Waals surface area contributed by atoms with Gasteiger partial charge in [0.1, 0.15) is 0 Å². The second-order valence-corrected chi connectivity index (χ2v) is 5.51. The molecule has 0 bridgehead atoms. The summed E-state index contributed by atoms with van der Waals surface area (Å²) in [6, 6.07) is 7.62. The van der Waals surface area contributed by atoms with E-state index >= 15 is 0 Å². The molecule has 0 radical (unpaired) electrons. The van der Waals surface area contributed by atoms with E-state index in [0.717, 1.165) is 10.6 Å². The maximum Gasteiger partial charge on any atom is 0.311 e. The van der Waals surface area contributed by atoms with Gasteiger partial charge >= 0.3 is 5.97 Å². The highest BCUT2D eigenvalue weighted by molar-refractivity contribution is 6.32. The van der Waals surface area contributed by atoms with E-state index in [2.05, 4.69) is 0 Å². The molecule has 0 saturated carbocycles. The molecule has 2 nitrogen and oxygen atoms in total. The molecule has 0 atom stereocenters. The average molecular weight is 267 g/mol. The van der Waals surface area contributed by atoms with Gasteiger partial charge in [-0.1, -0.05) is 42.0 Å². The fourth-order valence-corrected chi connectivity index (χ4v) is 1.46. The maximum atomic E-state index is 11.5. The molecule has 0 aliphatic rings.